The number of carbonyl (C=O) groups is 1. The Morgan fingerprint density at radius 3 is 2.83 bits per heavy atom. The zero-order valence-corrected chi connectivity index (χ0v) is 6.71. The van der Waals surface area contributed by atoms with Gasteiger partial charge < -0.3 is 10.1 Å². The molecule has 0 saturated heterocycles. The summed E-state index contributed by atoms with van der Waals surface area (Å²) in [6.07, 6.45) is 4.12. The van der Waals surface area contributed by atoms with E-state index in [1.807, 2.05) is 18.3 Å². The van der Waals surface area contributed by atoms with E-state index in [1.54, 1.807) is 0 Å². The maximum Gasteiger partial charge on any atom is 0.310 e. The minimum Gasteiger partial charge on any atom is -0.481 e. The van der Waals surface area contributed by atoms with Gasteiger partial charge in [0.25, 0.3) is 0 Å². The minimum absolute atomic E-state index is 0.440. The summed E-state index contributed by atoms with van der Waals surface area (Å²) in [4.78, 5) is 13.8. The van der Waals surface area contributed by atoms with Gasteiger partial charge >= 0.3 is 5.97 Å². The van der Waals surface area contributed by atoms with Crippen molar-refractivity contribution in [2.75, 3.05) is 0 Å². The van der Waals surface area contributed by atoms with Crippen molar-refractivity contribution in [1.82, 2.24) is 4.98 Å². The number of hydrogen-bond donors (Lipinski definition) is 2. The zero-order chi connectivity index (χ0) is 8.60. The van der Waals surface area contributed by atoms with Crippen molar-refractivity contribution >= 4 is 5.97 Å². The van der Waals surface area contributed by atoms with Crippen LogP contribution in [-0.2, 0) is 11.2 Å². The highest BCUT2D eigenvalue weighted by molar-refractivity contribution is 5.78. The number of aliphatic carboxylic acids is 1. The summed E-state index contributed by atoms with van der Waals surface area (Å²) in [7, 11) is 0. The summed E-state index contributed by atoms with van der Waals surface area (Å²) >= 11 is 0. The van der Waals surface area contributed by atoms with Gasteiger partial charge in [0, 0.05) is 18.3 Å². The molecule has 0 amide bonds. The summed E-state index contributed by atoms with van der Waals surface area (Å²) < 4.78 is 0. The highest BCUT2D eigenvalue weighted by Crippen LogP contribution is 2.48. The largest absolute Gasteiger partial charge is 0.481 e. The van der Waals surface area contributed by atoms with Crippen LogP contribution in [0.15, 0.2) is 18.3 Å². The van der Waals surface area contributed by atoms with Crippen LogP contribution >= 0.6 is 0 Å². The van der Waals surface area contributed by atoms with Crippen LogP contribution in [0.5, 0.6) is 0 Å². The van der Waals surface area contributed by atoms with E-state index in [0.717, 1.165) is 18.5 Å². The molecule has 0 aromatic carbocycles. The van der Waals surface area contributed by atoms with Gasteiger partial charge in [0.05, 0.1) is 5.41 Å². The molecule has 0 radical (unpaired) electrons. The van der Waals surface area contributed by atoms with E-state index in [0.29, 0.717) is 6.42 Å². The lowest BCUT2D eigenvalue weighted by Gasteiger charge is -2.06. The van der Waals surface area contributed by atoms with Gasteiger partial charge in [-0.1, -0.05) is 0 Å². The molecule has 1 aliphatic rings. The number of rotatable bonds is 3. The number of aromatic nitrogens is 1. The Bertz CT molecular complexity index is 285. The van der Waals surface area contributed by atoms with E-state index >= 15 is 0 Å². The SMILES string of the molecule is O=C(O)C1(Cc2ccc[nH]2)CC1. The van der Waals surface area contributed by atoms with Crippen LogP contribution in [0.4, 0.5) is 0 Å². The van der Waals surface area contributed by atoms with E-state index in [-0.39, 0.29) is 0 Å². The van der Waals surface area contributed by atoms with E-state index in [1.165, 1.54) is 0 Å². The second-order valence-corrected chi connectivity index (χ2v) is 3.46. The summed E-state index contributed by atoms with van der Waals surface area (Å²) in [5, 5.41) is 8.89. The summed E-state index contributed by atoms with van der Waals surface area (Å²) in [5.74, 6) is -0.655. The Morgan fingerprint density at radius 2 is 2.42 bits per heavy atom. The first kappa shape index (κ1) is 7.40. The predicted molar refractivity (Wildman–Crippen MR) is 43.8 cm³/mol. The van der Waals surface area contributed by atoms with Crippen molar-refractivity contribution in [1.29, 1.82) is 0 Å². The first-order valence-corrected chi connectivity index (χ1v) is 4.09. The molecule has 2 rings (SSSR count). The van der Waals surface area contributed by atoms with Gasteiger partial charge in [-0.2, -0.15) is 0 Å². The van der Waals surface area contributed by atoms with Gasteiger partial charge in [-0.3, -0.25) is 4.79 Å². The number of H-pyrrole nitrogens is 1. The average molecular weight is 165 g/mol. The monoisotopic (exact) mass is 165 g/mol. The fraction of sp³-hybridized carbons (Fsp3) is 0.444. The third-order valence-corrected chi connectivity index (χ3v) is 2.50. The molecule has 1 aromatic heterocycles. The third kappa shape index (κ3) is 1.11. The van der Waals surface area contributed by atoms with Crippen LogP contribution in [0.2, 0.25) is 0 Å². The molecule has 1 saturated carbocycles. The van der Waals surface area contributed by atoms with Gasteiger partial charge in [0.2, 0.25) is 0 Å². The van der Waals surface area contributed by atoms with Crippen LogP contribution < -0.4 is 0 Å². The number of aromatic amines is 1. The van der Waals surface area contributed by atoms with Crippen molar-refractivity contribution < 1.29 is 9.90 Å². The van der Waals surface area contributed by atoms with E-state index in [4.69, 9.17) is 5.11 Å². The normalized spacial score (nSPS) is 19.0. The minimum atomic E-state index is -0.655. The summed E-state index contributed by atoms with van der Waals surface area (Å²) in [5.41, 5.74) is 0.583. The molecule has 0 spiro atoms. The molecule has 3 heteroatoms. The second-order valence-electron chi connectivity index (χ2n) is 3.46. The molecular formula is C9H11NO2. The number of carboxylic acids is 1. The standard InChI is InChI=1S/C9H11NO2/c11-8(12)9(3-4-9)6-7-2-1-5-10-7/h1-2,5,10H,3-4,6H2,(H,11,12). The Kier molecular flexibility index (Phi) is 1.46. The van der Waals surface area contributed by atoms with Crippen molar-refractivity contribution in [2.45, 2.75) is 19.3 Å². The highest BCUT2D eigenvalue weighted by Gasteiger charge is 2.50. The van der Waals surface area contributed by atoms with E-state index in [2.05, 4.69) is 4.98 Å². The molecule has 1 aliphatic carbocycles. The quantitative estimate of drug-likeness (QED) is 0.711. The number of nitrogens with one attached hydrogen (secondary N) is 1. The first-order valence-electron chi connectivity index (χ1n) is 4.09. The van der Waals surface area contributed by atoms with E-state index in [9.17, 15) is 4.79 Å². The first-order chi connectivity index (χ1) is 5.73. The lowest BCUT2D eigenvalue weighted by molar-refractivity contribution is -0.143. The van der Waals surface area contributed by atoms with Crippen LogP contribution in [0, 0.1) is 5.41 Å². The second kappa shape index (κ2) is 2.37. The zero-order valence-electron chi connectivity index (χ0n) is 6.71. The average Bonchev–Trinajstić information content (AvgIpc) is 2.60. The highest BCUT2D eigenvalue weighted by atomic mass is 16.4. The molecule has 12 heavy (non-hydrogen) atoms. The van der Waals surface area contributed by atoms with Gasteiger partial charge in [-0.05, 0) is 25.0 Å². The van der Waals surface area contributed by atoms with Gasteiger partial charge in [0.1, 0.15) is 0 Å². The van der Waals surface area contributed by atoms with Gasteiger partial charge in [-0.15, -0.1) is 0 Å². The molecule has 0 atom stereocenters. The Balaban J connectivity index is 2.09. The molecule has 1 heterocycles. The molecule has 2 N–H and O–H groups in total. The molecule has 64 valence electrons. The maximum absolute atomic E-state index is 10.8. The topological polar surface area (TPSA) is 53.1 Å². The lowest BCUT2D eigenvalue weighted by Crippen LogP contribution is -2.17. The Morgan fingerprint density at radius 1 is 1.67 bits per heavy atom. The van der Waals surface area contributed by atoms with Crippen molar-refractivity contribution in [2.24, 2.45) is 5.41 Å². The van der Waals surface area contributed by atoms with Crippen molar-refractivity contribution in [3.05, 3.63) is 24.0 Å². The fourth-order valence-corrected chi connectivity index (χ4v) is 1.46. The molecule has 1 aromatic rings. The molecule has 1 fully saturated rings. The van der Waals surface area contributed by atoms with Crippen LogP contribution in [0.3, 0.4) is 0 Å². The molecule has 0 unspecified atom stereocenters. The number of carboxylic acid groups (broad SMARTS) is 1. The maximum atomic E-state index is 10.8. The lowest BCUT2D eigenvalue weighted by atomic mass is 10.0. The smallest absolute Gasteiger partial charge is 0.310 e. The van der Waals surface area contributed by atoms with Crippen molar-refractivity contribution in [3.63, 3.8) is 0 Å². The van der Waals surface area contributed by atoms with Crippen molar-refractivity contribution in [3.8, 4) is 0 Å². The predicted octanol–water partition coefficient (Wildman–Crippen LogP) is 1.42. The van der Waals surface area contributed by atoms with Crippen LogP contribution in [0.25, 0.3) is 0 Å². The van der Waals surface area contributed by atoms with Crippen LogP contribution in [-0.4, -0.2) is 16.1 Å². The van der Waals surface area contributed by atoms with Gasteiger partial charge in [0.15, 0.2) is 0 Å². The third-order valence-electron chi connectivity index (χ3n) is 2.50. The van der Waals surface area contributed by atoms with E-state index < -0.39 is 11.4 Å². The summed E-state index contributed by atoms with van der Waals surface area (Å²) in [6.45, 7) is 0. The van der Waals surface area contributed by atoms with Gasteiger partial charge in [-0.25, -0.2) is 0 Å². The molecule has 3 nitrogen and oxygen atoms in total. The molecule has 0 bridgehead atoms. The molecule has 0 aliphatic heterocycles. The fourth-order valence-electron chi connectivity index (χ4n) is 1.46. The number of hydrogen-bond acceptors (Lipinski definition) is 1. The summed E-state index contributed by atoms with van der Waals surface area (Å²) in [6, 6.07) is 3.83. The molecular weight excluding hydrogens is 154 g/mol. The van der Waals surface area contributed by atoms with Crippen LogP contribution in [0.1, 0.15) is 18.5 Å². The Hall–Kier alpha value is -1.25. The Labute approximate surface area is 70.4 Å².